The van der Waals surface area contributed by atoms with Crippen LogP contribution in [0.2, 0.25) is 25.2 Å². The van der Waals surface area contributed by atoms with Crippen molar-refractivity contribution in [1.29, 1.82) is 0 Å². The third-order valence-electron chi connectivity index (χ3n) is 1.87. The Morgan fingerprint density at radius 1 is 1.33 bits per heavy atom. The van der Waals surface area contributed by atoms with Gasteiger partial charge in [-0.3, -0.25) is 0 Å². The van der Waals surface area contributed by atoms with Crippen LogP contribution in [0.25, 0.3) is 0 Å². The van der Waals surface area contributed by atoms with E-state index in [4.69, 9.17) is 0 Å². The smallest absolute Gasteiger partial charge is 0.0727 e. The van der Waals surface area contributed by atoms with Crippen LogP contribution in [-0.2, 0) is 0 Å². The summed E-state index contributed by atoms with van der Waals surface area (Å²) in [5, 5.41) is 0. The molecule has 0 heterocycles. The SMILES string of the molecule is C[Si](C)(C)C1CC1(Br)Br. The van der Waals surface area contributed by atoms with E-state index in [9.17, 15) is 0 Å². The van der Waals surface area contributed by atoms with Crippen molar-refractivity contribution in [3.05, 3.63) is 0 Å². The van der Waals surface area contributed by atoms with E-state index in [0.29, 0.717) is 3.23 Å². The lowest BCUT2D eigenvalue weighted by Gasteiger charge is -2.15. The molecular formula is C6H12Br2Si. The zero-order valence-electron chi connectivity index (χ0n) is 6.04. The van der Waals surface area contributed by atoms with E-state index in [1.54, 1.807) is 0 Å². The summed E-state index contributed by atoms with van der Waals surface area (Å²) in [4.78, 5) is 0. The van der Waals surface area contributed by atoms with E-state index in [0.717, 1.165) is 5.54 Å². The number of rotatable bonds is 1. The molecule has 1 unspecified atom stereocenters. The molecule has 0 amide bonds. The lowest BCUT2D eigenvalue weighted by atomic mass is 11.0. The summed E-state index contributed by atoms with van der Waals surface area (Å²) in [6, 6.07) is 0. The third kappa shape index (κ3) is 1.81. The molecule has 0 saturated heterocycles. The van der Waals surface area contributed by atoms with Gasteiger partial charge in [0.15, 0.2) is 0 Å². The highest BCUT2D eigenvalue weighted by Gasteiger charge is 2.56. The zero-order valence-corrected chi connectivity index (χ0v) is 10.2. The highest BCUT2D eigenvalue weighted by molar-refractivity contribution is 9.25. The quantitative estimate of drug-likeness (QED) is 0.505. The summed E-state index contributed by atoms with van der Waals surface area (Å²) in [6.07, 6.45) is 1.32. The summed E-state index contributed by atoms with van der Waals surface area (Å²) < 4.78 is 0.338. The minimum absolute atomic E-state index is 0.338. The van der Waals surface area contributed by atoms with E-state index in [2.05, 4.69) is 51.5 Å². The Kier molecular flexibility index (Phi) is 1.91. The fraction of sp³-hybridized carbons (Fsp3) is 1.00. The molecule has 0 nitrogen and oxygen atoms in total. The second kappa shape index (κ2) is 2.08. The molecule has 1 aliphatic rings. The van der Waals surface area contributed by atoms with Gasteiger partial charge in [-0.05, 0) is 12.0 Å². The van der Waals surface area contributed by atoms with Crippen LogP contribution in [0.15, 0.2) is 0 Å². The van der Waals surface area contributed by atoms with Crippen molar-refractivity contribution in [2.24, 2.45) is 0 Å². The molecular weight excluding hydrogens is 260 g/mol. The molecule has 0 N–H and O–H groups in total. The predicted molar refractivity (Wildman–Crippen MR) is 52.3 cm³/mol. The van der Waals surface area contributed by atoms with E-state index in [1.165, 1.54) is 6.42 Å². The molecule has 1 rings (SSSR count). The Labute approximate surface area is 74.7 Å². The average molecular weight is 272 g/mol. The van der Waals surface area contributed by atoms with E-state index < -0.39 is 8.07 Å². The monoisotopic (exact) mass is 270 g/mol. The third-order valence-corrected chi connectivity index (χ3v) is 7.26. The van der Waals surface area contributed by atoms with E-state index in [1.807, 2.05) is 0 Å². The van der Waals surface area contributed by atoms with Crippen LogP contribution < -0.4 is 0 Å². The molecule has 1 fully saturated rings. The van der Waals surface area contributed by atoms with Crippen LogP contribution >= 0.6 is 31.9 Å². The van der Waals surface area contributed by atoms with Crippen molar-refractivity contribution in [3.63, 3.8) is 0 Å². The normalized spacial score (nSPS) is 32.3. The van der Waals surface area contributed by atoms with Gasteiger partial charge >= 0.3 is 0 Å². The molecule has 0 aromatic rings. The van der Waals surface area contributed by atoms with Gasteiger partial charge in [0, 0.05) is 0 Å². The fourth-order valence-corrected chi connectivity index (χ4v) is 8.72. The van der Waals surface area contributed by atoms with Crippen LogP contribution in [-0.4, -0.2) is 11.3 Å². The first kappa shape index (κ1) is 8.28. The maximum Gasteiger partial charge on any atom is 0.0811 e. The lowest BCUT2D eigenvalue weighted by Crippen LogP contribution is -2.22. The van der Waals surface area contributed by atoms with Gasteiger partial charge < -0.3 is 0 Å². The maximum absolute atomic E-state index is 3.64. The fourth-order valence-electron chi connectivity index (χ4n) is 1.15. The molecule has 0 radical (unpaired) electrons. The number of alkyl halides is 2. The standard InChI is InChI=1S/C6H12Br2Si/c1-9(2,3)5-4-6(5,7)8/h5H,4H2,1-3H3. The molecule has 0 spiro atoms. The molecule has 1 saturated carbocycles. The summed E-state index contributed by atoms with van der Waals surface area (Å²) in [6.45, 7) is 7.26. The minimum atomic E-state index is -0.853. The Morgan fingerprint density at radius 3 is 1.67 bits per heavy atom. The molecule has 0 aliphatic heterocycles. The second-order valence-electron chi connectivity index (χ2n) is 3.88. The molecule has 3 heteroatoms. The van der Waals surface area contributed by atoms with Gasteiger partial charge in [0.1, 0.15) is 0 Å². The zero-order chi connectivity index (χ0) is 7.28. The van der Waals surface area contributed by atoms with Crippen molar-refractivity contribution in [3.8, 4) is 0 Å². The average Bonchev–Trinajstić information content (AvgIpc) is 2.10. The van der Waals surface area contributed by atoms with Crippen LogP contribution in [0.5, 0.6) is 0 Å². The Bertz CT molecular complexity index is 126. The first-order chi connectivity index (χ1) is 3.84. The summed E-state index contributed by atoms with van der Waals surface area (Å²) in [7, 11) is -0.853. The highest BCUT2D eigenvalue weighted by atomic mass is 79.9. The lowest BCUT2D eigenvalue weighted by molar-refractivity contribution is 1.32. The van der Waals surface area contributed by atoms with Gasteiger partial charge in [0.25, 0.3) is 0 Å². The number of hydrogen-bond acceptors (Lipinski definition) is 0. The van der Waals surface area contributed by atoms with Gasteiger partial charge in [0.2, 0.25) is 0 Å². The molecule has 0 aromatic heterocycles. The highest BCUT2D eigenvalue weighted by Crippen LogP contribution is 2.65. The molecule has 54 valence electrons. The first-order valence-electron chi connectivity index (χ1n) is 3.22. The topological polar surface area (TPSA) is 0 Å². The molecule has 1 aliphatic carbocycles. The van der Waals surface area contributed by atoms with Crippen molar-refractivity contribution >= 4 is 39.9 Å². The largest absolute Gasteiger partial charge is 0.0811 e. The van der Waals surface area contributed by atoms with Gasteiger partial charge in [-0.1, -0.05) is 51.5 Å². The molecule has 9 heavy (non-hydrogen) atoms. The van der Waals surface area contributed by atoms with Crippen LogP contribution in [0, 0.1) is 0 Å². The maximum atomic E-state index is 3.64. The number of hydrogen-bond donors (Lipinski definition) is 0. The van der Waals surface area contributed by atoms with Crippen LogP contribution in [0.1, 0.15) is 6.42 Å². The first-order valence-corrected chi connectivity index (χ1v) is 8.38. The van der Waals surface area contributed by atoms with Crippen molar-refractivity contribution in [2.75, 3.05) is 0 Å². The van der Waals surface area contributed by atoms with E-state index in [-0.39, 0.29) is 0 Å². The summed E-state index contributed by atoms with van der Waals surface area (Å²) in [5.74, 6) is 0. The van der Waals surface area contributed by atoms with Gasteiger partial charge in [-0.2, -0.15) is 0 Å². The number of halogens is 2. The minimum Gasteiger partial charge on any atom is -0.0727 e. The summed E-state index contributed by atoms with van der Waals surface area (Å²) >= 11 is 7.28. The van der Waals surface area contributed by atoms with Crippen molar-refractivity contribution in [2.45, 2.75) is 34.8 Å². The van der Waals surface area contributed by atoms with Crippen molar-refractivity contribution < 1.29 is 0 Å². The van der Waals surface area contributed by atoms with Crippen LogP contribution in [0.3, 0.4) is 0 Å². The van der Waals surface area contributed by atoms with Gasteiger partial charge in [-0.15, -0.1) is 0 Å². The van der Waals surface area contributed by atoms with Gasteiger partial charge in [-0.25, -0.2) is 0 Å². The van der Waals surface area contributed by atoms with Crippen molar-refractivity contribution in [1.82, 2.24) is 0 Å². The van der Waals surface area contributed by atoms with E-state index >= 15 is 0 Å². The molecule has 0 aromatic carbocycles. The Balaban J connectivity index is 2.52. The Morgan fingerprint density at radius 2 is 1.67 bits per heavy atom. The summed E-state index contributed by atoms with van der Waals surface area (Å²) in [5.41, 5.74) is 0.935. The van der Waals surface area contributed by atoms with Crippen LogP contribution in [0.4, 0.5) is 0 Å². The molecule has 1 atom stereocenters. The Hall–Kier alpha value is 1.18. The van der Waals surface area contributed by atoms with Gasteiger partial charge in [0.05, 0.1) is 11.3 Å². The second-order valence-corrected chi connectivity index (χ2v) is 13.2. The predicted octanol–water partition coefficient (Wildman–Crippen LogP) is 3.58. The molecule has 0 bridgehead atoms.